The van der Waals surface area contributed by atoms with Gasteiger partial charge in [-0.25, -0.2) is 14.2 Å². The first-order valence-corrected chi connectivity index (χ1v) is 5.75. The van der Waals surface area contributed by atoms with Crippen molar-refractivity contribution in [1.29, 1.82) is 5.26 Å². The van der Waals surface area contributed by atoms with Gasteiger partial charge in [-0.2, -0.15) is 5.26 Å². The van der Waals surface area contributed by atoms with Gasteiger partial charge in [-0.05, 0) is 12.1 Å². The summed E-state index contributed by atoms with van der Waals surface area (Å²) in [7, 11) is 1.19. The normalized spacial score (nSPS) is 9.90. The Balaban J connectivity index is 2.66. The lowest BCUT2D eigenvalue weighted by molar-refractivity contribution is 0.0593. The molecule has 0 radical (unpaired) electrons. The highest BCUT2D eigenvalue weighted by molar-refractivity contribution is 6.31. The second-order valence-corrected chi connectivity index (χ2v) is 4.08. The molecule has 0 bridgehead atoms. The molecule has 100 valence electrons. The van der Waals surface area contributed by atoms with Gasteiger partial charge in [-0.1, -0.05) is 11.6 Å². The molecule has 0 aliphatic rings. The number of carbonyl (C=O) groups excluding carboxylic acids is 1. The van der Waals surface area contributed by atoms with E-state index in [2.05, 4.69) is 14.7 Å². The molecule has 0 aliphatic carbocycles. The van der Waals surface area contributed by atoms with Crippen molar-refractivity contribution in [3.63, 3.8) is 0 Å². The molecule has 5 nitrogen and oxygen atoms in total. The fraction of sp³-hybridized carbons (Fsp3) is 0.0769. The zero-order valence-electron chi connectivity index (χ0n) is 10.2. The summed E-state index contributed by atoms with van der Waals surface area (Å²) in [5.74, 6) is -1.50. The van der Waals surface area contributed by atoms with E-state index in [9.17, 15) is 9.18 Å². The highest BCUT2D eigenvalue weighted by atomic mass is 35.5. The molecule has 0 atom stereocenters. The highest BCUT2D eigenvalue weighted by Crippen LogP contribution is 2.29. The maximum absolute atomic E-state index is 14.1. The summed E-state index contributed by atoms with van der Waals surface area (Å²) in [4.78, 5) is 19.1. The molecule has 1 aromatic heterocycles. The summed E-state index contributed by atoms with van der Waals surface area (Å²) in [5, 5.41) is 8.87. The van der Waals surface area contributed by atoms with E-state index >= 15 is 0 Å². The fourth-order valence-electron chi connectivity index (χ4n) is 1.58. The molecule has 0 amide bonds. The van der Waals surface area contributed by atoms with Gasteiger partial charge in [0.2, 0.25) is 0 Å². The monoisotopic (exact) mass is 291 g/mol. The van der Waals surface area contributed by atoms with Crippen LogP contribution in [0.1, 0.15) is 16.1 Å². The van der Waals surface area contributed by atoms with E-state index in [1.54, 1.807) is 0 Å². The Labute approximate surface area is 118 Å². The van der Waals surface area contributed by atoms with Crippen LogP contribution in [0.5, 0.6) is 0 Å². The summed E-state index contributed by atoms with van der Waals surface area (Å²) >= 11 is 5.70. The van der Waals surface area contributed by atoms with E-state index in [-0.39, 0.29) is 27.5 Å². The average molecular weight is 292 g/mol. The maximum Gasteiger partial charge on any atom is 0.358 e. The molecule has 0 spiro atoms. The van der Waals surface area contributed by atoms with Crippen molar-refractivity contribution in [2.45, 2.75) is 0 Å². The van der Waals surface area contributed by atoms with Crippen molar-refractivity contribution in [2.24, 2.45) is 0 Å². The third-order valence-electron chi connectivity index (χ3n) is 2.50. The summed E-state index contributed by atoms with van der Waals surface area (Å²) in [6, 6.07) is 4.48. The van der Waals surface area contributed by atoms with E-state index in [1.807, 2.05) is 6.07 Å². The van der Waals surface area contributed by atoms with Crippen molar-refractivity contribution in [2.75, 3.05) is 7.11 Å². The molecule has 2 aromatic rings. The zero-order valence-corrected chi connectivity index (χ0v) is 11.0. The Hall–Kier alpha value is -2.52. The quantitative estimate of drug-likeness (QED) is 0.795. The number of nitriles is 1. The number of aromatic nitrogens is 2. The van der Waals surface area contributed by atoms with Gasteiger partial charge in [0.1, 0.15) is 0 Å². The predicted molar refractivity (Wildman–Crippen MR) is 68.5 cm³/mol. The second kappa shape index (κ2) is 5.63. The lowest BCUT2D eigenvalue weighted by Gasteiger charge is -2.07. The minimum atomic E-state index is -0.790. The van der Waals surface area contributed by atoms with Gasteiger partial charge in [0, 0.05) is 0 Å². The van der Waals surface area contributed by atoms with Crippen LogP contribution >= 0.6 is 11.6 Å². The van der Waals surface area contributed by atoms with Crippen LogP contribution in [0.4, 0.5) is 4.39 Å². The van der Waals surface area contributed by atoms with Crippen LogP contribution in [0.3, 0.4) is 0 Å². The molecule has 0 unspecified atom stereocenters. The highest BCUT2D eigenvalue weighted by Gasteiger charge is 2.18. The van der Waals surface area contributed by atoms with Gasteiger partial charge < -0.3 is 4.74 Å². The Morgan fingerprint density at radius 3 is 2.85 bits per heavy atom. The van der Waals surface area contributed by atoms with Crippen LogP contribution in [0.15, 0.2) is 24.5 Å². The Morgan fingerprint density at radius 2 is 2.20 bits per heavy atom. The lowest BCUT2D eigenvalue weighted by Crippen LogP contribution is -2.06. The molecule has 1 aromatic carbocycles. The van der Waals surface area contributed by atoms with Crippen LogP contribution in [-0.2, 0) is 4.74 Å². The van der Waals surface area contributed by atoms with Gasteiger partial charge in [0.05, 0.1) is 47.4 Å². The number of nitrogens with zero attached hydrogens (tertiary/aromatic N) is 3. The molecule has 2 rings (SSSR count). The van der Waals surface area contributed by atoms with Crippen LogP contribution in [-0.4, -0.2) is 23.0 Å². The molecule has 20 heavy (non-hydrogen) atoms. The third kappa shape index (κ3) is 2.44. The number of benzene rings is 1. The van der Waals surface area contributed by atoms with Crippen molar-refractivity contribution >= 4 is 17.6 Å². The van der Waals surface area contributed by atoms with Crippen LogP contribution in [0, 0.1) is 17.1 Å². The van der Waals surface area contributed by atoms with Crippen molar-refractivity contribution in [1.82, 2.24) is 9.97 Å². The molecule has 0 N–H and O–H groups in total. The van der Waals surface area contributed by atoms with Crippen LogP contribution < -0.4 is 0 Å². The largest absolute Gasteiger partial charge is 0.464 e. The minimum absolute atomic E-state index is 0.0319. The number of esters is 1. The predicted octanol–water partition coefficient (Wildman–Crippen LogP) is 2.59. The van der Waals surface area contributed by atoms with E-state index in [1.165, 1.54) is 31.6 Å². The van der Waals surface area contributed by atoms with Gasteiger partial charge in [-0.15, -0.1) is 0 Å². The average Bonchev–Trinajstić information content (AvgIpc) is 2.49. The Kier molecular flexibility index (Phi) is 3.91. The first-order valence-electron chi connectivity index (χ1n) is 5.37. The van der Waals surface area contributed by atoms with Crippen molar-refractivity contribution in [3.05, 3.63) is 46.6 Å². The lowest BCUT2D eigenvalue weighted by atomic mass is 10.0. The number of hydrogen-bond acceptors (Lipinski definition) is 5. The third-order valence-corrected chi connectivity index (χ3v) is 2.79. The summed E-state index contributed by atoms with van der Waals surface area (Å²) in [6.45, 7) is 0. The van der Waals surface area contributed by atoms with Gasteiger partial charge in [0.15, 0.2) is 11.5 Å². The summed E-state index contributed by atoms with van der Waals surface area (Å²) in [5.41, 5.74) is -0.112. The van der Waals surface area contributed by atoms with E-state index in [4.69, 9.17) is 16.9 Å². The molecule has 0 fully saturated rings. The number of ether oxygens (including phenoxy) is 1. The van der Waals surface area contributed by atoms with Crippen molar-refractivity contribution < 1.29 is 13.9 Å². The standard InChI is InChI=1S/C13H7ClFN3O2/c1-20-13(19)10-6-17-5-9(18-10)11-7(4-16)2-3-8(14)12(11)15/h2-3,5-6H,1H3. The smallest absolute Gasteiger partial charge is 0.358 e. The molecule has 1 heterocycles. The Bertz CT molecular complexity index is 728. The van der Waals surface area contributed by atoms with Crippen molar-refractivity contribution in [3.8, 4) is 17.3 Å². The first-order chi connectivity index (χ1) is 9.58. The van der Waals surface area contributed by atoms with E-state index in [0.717, 1.165) is 0 Å². The molecule has 0 aliphatic heterocycles. The Morgan fingerprint density at radius 1 is 1.45 bits per heavy atom. The summed E-state index contributed by atoms with van der Waals surface area (Å²) in [6.07, 6.45) is 2.42. The number of hydrogen-bond donors (Lipinski definition) is 0. The van der Waals surface area contributed by atoms with Crippen LogP contribution in [0.2, 0.25) is 5.02 Å². The molecular weight excluding hydrogens is 285 g/mol. The van der Waals surface area contributed by atoms with E-state index < -0.39 is 11.8 Å². The maximum atomic E-state index is 14.1. The summed E-state index contributed by atoms with van der Waals surface area (Å²) < 4.78 is 18.6. The van der Waals surface area contributed by atoms with Gasteiger partial charge in [-0.3, -0.25) is 4.98 Å². The fourth-order valence-corrected chi connectivity index (χ4v) is 1.74. The van der Waals surface area contributed by atoms with Crippen LogP contribution in [0.25, 0.3) is 11.3 Å². The minimum Gasteiger partial charge on any atom is -0.464 e. The van der Waals surface area contributed by atoms with Gasteiger partial charge >= 0.3 is 5.97 Å². The second-order valence-electron chi connectivity index (χ2n) is 3.68. The molecule has 0 saturated carbocycles. The van der Waals surface area contributed by atoms with E-state index in [0.29, 0.717) is 0 Å². The molecular formula is C13H7ClFN3O2. The number of halogens is 2. The number of rotatable bonds is 2. The topological polar surface area (TPSA) is 75.9 Å². The number of carbonyl (C=O) groups is 1. The first kappa shape index (κ1) is 13.9. The molecule has 7 heteroatoms. The zero-order chi connectivity index (χ0) is 14.7. The molecule has 0 saturated heterocycles. The SMILES string of the molecule is COC(=O)c1cncc(-c2c(C#N)ccc(Cl)c2F)n1. The number of methoxy groups -OCH3 is 1. The van der Waals surface area contributed by atoms with Gasteiger partial charge in [0.25, 0.3) is 0 Å².